The maximum absolute atomic E-state index is 13.8. The summed E-state index contributed by atoms with van der Waals surface area (Å²) in [5.74, 6) is -5.60. The monoisotopic (exact) mass is 2040 g/mol. The van der Waals surface area contributed by atoms with Crippen molar-refractivity contribution in [2.45, 2.75) is 341 Å². The second kappa shape index (κ2) is 51.5. The number of hydrogen-bond donors (Lipinski definition) is 5. The van der Waals surface area contributed by atoms with E-state index in [1.54, 1.807) is 75.9 Å². The molecule has 10 bridgehead atoms. The molecule has 0 unspecified atom stereocenters. The third-order valence-electron chi connectivity index (χ3n) is 28.1. The van der Waals surface area contributed by atoms with Gasteiger partial charge in [-0.2, -0.15) is 0 Å². The number of carbonyl (C=O) groups is 12. The van der Waals surface area contributed by atoms with Gasteiger partial charge in [-0.25, -0.2) is 42.3 Å². The number of hydrogen-bond acceptors (Lipinski definition) is 28. The molecule has 145 heavy (non-hydrogen) atoms. The van der Waals surface area contributed by atoms with Crippen molar-refractivity contribution in [3.05, 3.63) is 162 Å². The number of halogens is 2. The number of aliphatic hydroxyl groups excluding tert-OH is 1. The number of nitrogens with one attached hydrogen (secondary N) is 1. The third-order valence-corrected chi connectivity index (χ3v) is 28.1. The first-order valence-electron chi connectivity index (χ1n) is 50.3. The van der Waals surface area contributed by atoms with Crippen LogP contribution in [0.1, 0.15) is 312 Å². The number of nitrogens with two attached hydrogens (primary N) is 1. The Bertz CT molecular complexity index is 5340. The number of aliphatic carboxylic acids is 1. The predicted molar refractivity (Wildman–Crippen MR) is 516 cm³/mol. The van der Waals surface area contributed by atoms with Gasteiger partial charge >= 0.3 is 71.8 Å². The minimum atomic E-state index is -0.947. The van der Waals surface area contributed by atoms with Gasteiger partial charge in [0.15, 0.2) is 11.4 Å². The number of aromatic nitrogens is 1. The Morgan fingerprint density at radius 1 is 0.545 bits per heavy atom. The van der Waals surface area contributed by atoms with Crippen molar-refractivity contribution in [1.82, 2.24) is 39.3 Å². The SMILES string of the molecule is C1CCOC1.CC(C)(C)OC(=O)N1C2CCC(CC2)[C@H]1C(=O)O.CC(C)(C)OC(=O)N1C2CCC(CC2)[C@H]1CN.CC(C)(C)OC(=O)N1C2CCC(CC2)[C@H]1CN1C(=O)c2ccccc2C1=O.CC(C)(C)OC(=O)N1C2CCC(CC2)[C@H]1CO.CCOC(=O)c1occ(C(=O)OCC)c(=O)c1OCc1ccccc1.O=C(NCc1ccc(F)cc1F)c1cn2c(c(O)c1=O)C(=O)N1C3CCC(CC3)[C@H]1C2.O=CO[O-].[Na+]. The van der Waals surface area contributed by atoms with Gasteiger partial charge in [0, 0.05) is 80.9 Å². The Balaban J connectivity index is 0.000000177. The van der Waals surface area contributed by atoms with E-state index >= 15 is 0 Å². The molecule has 23 rings (SSSR count). The fourth-order valence-corrected chi connectivity index (χ4v) is 21.8. The number of ether oxygens (including phenoxy) is 8. The fraction of sp³-hybridized carbons (Fsp3) is 0.619. The van der Waals surface area contributed by atoms with Gasteiger partial charge in [-0.3, -0.25) is 48.3 Å². The van der Waals surface area contributed by atoms with E-state index in [9.17, 15) is 86.4 Å². The molecule has 2 aromatic heterocycles. The Kier molecular flexibility index (Phi) is 41.1. The zero-order valence-electron chi connectivity index (χ0n) is 86.0. The standard InChI is InChI=1S/C22H21F2N3O4.C21H26N2O4.C18H18O7.C13H24N2O2.C13H21NO4.C13H23NO3.C4H8O.CH2O3.Na/c23-13-4-1-12(16(24)7-13)8-25-21(30)15-9-26-10-17-11-2-5-14(6-3-11)27(17)22(31)18(26)20(29)19(15)28;1-21(2,3)27-20(26)23-14-10-8-13(9-11-14)17(23)12-22-18(24)15-6-4-5-7-16(15)19(22)25;1-3-22-17(20)13-11-25-16(18(21)23-4-2)15(14(13)19)24-10-12-8-6-5-7-9-12;1-13(2,3)17-12(16)15-10-6-4-9(5-7-10)11(15)8-14;1-13(2,3)18-12(17)14-9-6-4-8(5-7-9)10(14)11(15)16;1-13(2,3)17-12(16)14-10-6-4-9(5-7-10)11(14)8-15;1-2-4-5-3-1;2-1-4-3;/h1,4,7,9,11,14,17,29H,2-3,5-6,8,10H2,(H,25,30);4-7,13-14,17H,8-12H2,1-3H3;5-9,11H,3-4,10H2,1-2H3;9-11H,4-8,14H2,1-3H3;8-10H,4-7H2,1-3H3,(H,15,16);9-11,15H,4-8H2,1-3H3;1-4H2;1,3H;/q;;;;;;;;+1/p-1/t11?,14?,17-;13?,14?,17-;;9?,10?,11-;8?,9?,10-;9?,10?,11-;;;/m11.101.../s1. The molecule has 5 atom stereocenters. The third kappa shape index (κ3) is 29.5. The van der Waals surface area contributed by atoms with E-state index in [-0.39, 0.29) is 194 Å². The molecule has 18 aliphatic rings. The van der Waals surface area contributed by atoms with Crippen LogP contribution in [0.15, 0.2) is 99.3 Å². The molecule has 5 aliphatic carbocycles. The van der Waals surface area contributed by atoms with E-state index in [1.165, 1.54) is 52.3 Å². The van der Waals surface area contributed by atoms with Crippen molar-refractivity contribution in [3.8, 4) is 11.5 Å². The van der Waals surface area contributed by atoms with Gasteiger partial charge in [0.05, 0.1) is 61.7 Å². The number of piperidine rings is 10. The van der Waals surface area contributed by atoms with Crippen molar-refractivity contribution in [3.63, 3.8) is 0 Å². The molecule has 5 aromatic rings. The summed E-state index contributed by atoms with van der Waals surface area (Å²) in [5.41, 5.74) is 3.02. The number of imide groups is 1. The summed E-state index contributed by atoms with van der Waals surface area (Å²) in [6.07, 6.45) is 24.0. The van der Waals surface area contributed by atoms with E-state index in [4.69, 9.17) is 58.1 Å². The van der Waals surface area contributed by atoms with Gasteiger partial charge in [-0.1, -0.05) is 48.5 Å². The van der Waals surface area contributed by atoms with E-state index < -0.39 is 92.4 Å². The quantitative estimate of drug-likeness (QED) is 0.0116. The minimum absolute atomic E-state index is 0. The van der Waals surface area contributed by atoms with Gasteiger partial charge in [0.2, 0.25) is 16.6 Å². The van der Waals surface area contributed by atoms with Crippen molar-refractivity contribution >= 4 is 72.4 Å². The van der Waals surface area contributed by atoms with Crippen molar-refractivity contribution in [2.75, 3.05) is 46.1 Å². The topological polar surface area (TPSA) is 481 Å². The number of carboxylic acid groups (broad SMARTS) is 1. The van der Waals surface area contributed by atoms with E-state index in [0.717, 1.165) is 147 Å². The largest absolute Gasteiger partial charge is 1.00 e. The van der Waals surface area contributed by atoms with Crippen LogP contribution < -0.4 is 61.5 Å². The Labute approximate surface area is 866 Å². The van der Waals surface area contributed by atoms with E-state index in [2.05, 4.69) is 10.2 Å². The van der Waals surface area contributed by atoms with Gasteiger partial charge in [-0.15, -0.1) is 0 Å². The summed E-state index contributed by atoms with van der Waals surface area (Å²) in [6, 6.07) is 19.1. The first-order chi connectivity index (χ1) is 68.2. The molecule has 0 radical (unpaired) electrons. The number of pyridine rings is 1. The Morgan fingerprint density at radius 2 is 0.979 bits per heavy atom. The van der Waals surface area contributed by atoms with Crippen LogP contribution in [0.25, 0.3) is 0 Å². The fourth-order valence-electron chi connectivity index (χ4n) is 21.8. The number of nitrogens with zero attached hydrogens (tertiary/aromatic N) is 7. The zero-order valence-corrected chi connectivity index (χ0v) is 88.0. The molecular weight excluding hydrogens is 1900 g/mol. The minimum Gasteiger partial charge on any atom is -0.662 e. The molecule has 8 amide bonds. The van der Waals surface area contributed by atoms with Crippen LogP contribution in [0.5, 0.6) is 11.5 Å². The van der Waals surface area contributed by atoms with Gasteiger partial charge in [0.25, 0.3) is 35.9 Å². The van der Waals surface area contributed by atoms with Gasteiger partial charge < -0.3 is 98.1 Å². The number of benzene rings is 3. The number of aliphatic hydroxyl groups is 1. The molecule has 790 valence electrons. The maximum Gasteiger partial charge on any atom is 1.00 e. The molecule has 6 N–H and O–H groups in total. The number of carbonyl (C=O) groups excluding carboxylic acids is 11. The second-order valence-electron chi connectivity index (χ2n) is 42.3. The number of amides is 8. The molecule has 5 saturated carbocycles. The number of rotatable bonds is 16. The molecule has 37 nitrogen and oxygen atoms in total. The molecule has 16 fully saturated rings. The molecule has 11 saturated heterocycles. The maximum atomic E-state index is 13.8. The molecule has 15 heterocycles. The zero-order chi connectivity index (χ0) is 105. The average molecular weight is 2040 g/mol. The molecular formula is C105H142F2N9NaO28. The number of fused-ring (bicyclic) bond motifs is 16. The second-order valence-corrected chi connectivity index (χ2v) is 42.3. The van der Waals surface area contributed by atoms with Crippen LogP contribution in [-0.2, 0) is 67.3 Å². The smallest absolute Gasteiger partial charge is 0.662 e. The van der Waals surface area contributed by atoms with Gasteiger partial charge in [-0.05, 0) is 292 Å². The van der Waals surface area contributed by atoms with Crippen LogP contribution in [-0.4, -0.2) is 251 Å². The van der Waals surface area contributed by atoms with Crippen molar-refractivity contribution in [1.29, 1.82) is 0 Å². The number of carboxylic acids is 1. The van der Waals surface area contributed by atoms with Crippen LogP contribution in [0.3, 0.4) is 0 Å². The van der Waals surface area contributed by atoms with Crippen LogP contribution in [0.2, 0.25) is 0 Å². The Morgan fingerprint density at radius 3 is 1.43 bits per heavy atom. The van der Waals surface area contributed by atoms with E-state index in [1.807, 2.05) is 95.2 Å². The summed E-state index contributed by atoms with van der Waals surface area (Å²) >= 11 is 0. The first-order valence-corrected chi connectivity index (χ1v) is 50.3. The summed E-state index contributed by atoms with van der Waals surface area (Å²) in [6.45, 7) is 28.6. The van der Waals surface area contributed by atoms with E-state index in [0.29, 0.717) is 60.0 Å². The first kappa shape index (κ1) is 116. The van der Waals surface area contributed by atoms with Crippen molar-refractivity contribution in [2.24, 2.45) is 35.3 Å². The molecule has 0 spiro atoms. The normalized spacial score (nSPS) is 24.5. The van der Waals surface area contributed by atoms with Crippen LogP contribution >= 0.6 is 0 Å². The predicted octanol–water partition coefficient (Wildman–Crippen LogP) is 11.0. The molecule has 13 aliphatic heterocycles. The van der Waals surface area contributed by atoms with Crippen molar-refractivity contribution < 1.29 is 164 Å². The summed E-state index contributed by atoms with van der Waals surface area (Å²) < 4.78 is 75.5. The summed E-state index contributed by atoms with van der Waals surface area (Å²) in [7, 11) is 0. The number of esters is 2. The van der Waals surface area contributed by atoms with Crippen LogP contribution in [0.4, 0.5) is 28.0 Å². The van der Waals surface area contributed by atoms with Gasteiger partial charge in [0.1, 0.15) is 64.1 Å². The molecule has 40 heteroatoms. The summed E-state index contributed by atoms with van der Waals surface area (Å²) in [4.78, 5) is 182. The molecule has 3 aromatic carbocycles. The Hall–Kier alpha value is -11.1. The number of aromatic hydroxyl groups is 1. The summed E-state index contributed by atoms with van der Waals surface area (Å²) in [5, 5.41) is 40.2. The van der Waals surface area contributed by atoms with Crippen LogP contribution in [0, 0.1) is 41.2 Å². The average Bonchev–Trinajstić information content (AvgIpc) is 1.14.